The molecule has 3 aromatic carbocycles. The number of hydrazone groups is 1. The molecule has 2 heterocycles. The van der Waals surface area contributed by atoms with Gasteiger partial charge in [0, 0.05) is 43.1 Å². The Bertz CT molecular complexity index is 1650. The van der Waals surface area contributed by atoms with Gasteiger partial charge >= 0.3 is 6.03 Å². The molecule has 2 amide bonds. The molecule has 1 aromatic heterocycles. The number of carbonyl (C=O) groups excluding carboxylic acids is 1. The Balaban J connectivity index is 1.58. The van der Waals surface area contributed by atoms with Crippen LogP contribution in [0.4, 0.5) is 21.3 Å². The molecule has 0 spiro atoms. The third-order valence-corrected chi connectivity index (χ3v) is 8.69. The first kappa shape index (κ1) is 30.0. The van der Waals surface area contributed by atoms with Gasteiger partial charge in [-0.2, -0.15) is 5.10 Å². The van der Waals surface area contributed by atoms with E-state index in [-0.39, 0.29) is 12.6 Å². The van der Waals surface area contributed by atoms with Crippen molar-refractivity contribution >= 4 is 62.4 Å². The Labute approximate surface area is 255 Å². The van der Waals surface area contributed by atoms with Gasteiger partial charge < -0.3 is 9.84 Å². The van der Waals surface area contributed by atoms with Crippen LogP contribution in [0, 0.1) is 13.8 Å². The lowest BCUT2D eigenvalue weighted by Gasteiger charge is -2.29. The van der Waals surface area contributed by atoms with Gasteiger partial charge in [0.1, 0.15) is 6.10 Å². The molecule has 1 atom stereocenters. The van der Waals surface area contributed by atoms with Gasteiger partial charge in [-0.25, -0.2) is 9.78 Å². The summed E-state index contributed by atoms with van der Waals surface area (Å²) in [6.45, 7) is 14.4. The Morgan fingerprint density at radius 1 is 1.12 bits per heavy atom. The van der Waals surface area contributed by atoms with Crippen LogP contribution in [-0.2, 0) is 4.74 Å². The number of anilines is 3. The van der Waals surface area contributed by atoms with Crippen LogP contribution in [0.5, 0.6) is 0 Å². The summed E-state index contributed by atoms with van der Waals surface area (Å²) in [6.07, 6.45) is -0.545. The van der Waals surface area contributed by atoms with Crippen LogP contribution >= 0.6 is 22.9 Å². The SMILES string of the molecule is C=NN(C)c1ccc(N2CCN(c3nc4cc(C)c([C@@H](CO)OC(C)(C)C)c(-c5ccc(Cl)cc5)c4s3)C2=O)cc1C. The van der Waals surface area contributed by atoms with Crippen molar-refractivity contribution < 1.29 is 14.6 Å². The van der Waals surface area contributed by atoms with E-state index in [1.54, 1.807) is 14.8 Å². The van der Waals surface area contributed by atoms with Gasteiger partial charge in [-0.05, 0) is 93.3 Å². The minimum atomic E-state index is -0.545. The highest BCUT2D eigenvalue weighted by Crippen LogP contribution is 2.44. The third-order valence-electron chi connectivity index (χ3n) is 7.33. The van der Waals surface area contributed by atoms with Crippen molar-refractivity contribution in [2.75, 3.05) is 41.6 Å². The number of aliphatic hydroxyl groups is 1. The van der Waals surface area contributed by atoms with Crippen LogP contribution in [0.25, 0.3) is 21.3 Å². The van der Waals surface area contributed by atoms with Gasteiger partial charge in [0.05, 0.1) is 28.1 Å². The summed E-state index contributed by atoms with van der Waals surface area (Å²) in [5.74, 6) is 0. The van der Waals surface area contributed by atoms with E-state index in [0.29, 0.717) is 23.2 Å². The largest absolute Gasteiger partial charge is 0.393 e. The maximum Gasteiger partial charge on any atom is 0.330 e. The summed E-state index contributed by atoms with van der Waals surface area (Å²) in [5.41, 5.74) is 6.82. The van der Waals surface area contributed by atoms with Crippen molar-refractivity contribution in [2.45, 2.75) is 46.3 Å². The maximum atomic E-state index is 13.7. The highest BCUT2D eigenvalue weighted by atomic mass is 35.5. The molecule has 0 aliphatic carbocycles. The van der Waals surface area contributed by atoms with Crippen LogP contribution in [0.3, 0.4) is 0 Å². The summed E-state index contributed by atoms with van der Waals surface area (Å²) in [5, 5.41) is 17.4. The number of thiazole rings is 1. The van der Waals surface area contributed by atoms with E-state index in [0.717, 1.165) is 49.4 Å². The zero-order valence-electron chi connectivity index (χ0n) is 24.8. The quantitative estimate of drug-likeness (QED) is 0.165. The van der Waals surface area contributed by atoms with E-state index < -0.39 is 11.7 Å². The van der Waals surface area contributed by atoms with Crippen molar-refractivity contribution in [3.63, 3.8) is 0 Å². The minimum absolute atomic E-state index is 0.120. The van der Waals surface area contributed by atoms with E-state index in [1.165, 1.54) is 11.3 Å². The summed E-state index contributed by atoms with van der Waals surface area (Å²) >= 11 is 7.72. The predicted molar refractivity (Wildman–Crippen MR) is 175 cm³/mol. The normalized spacial score (nSPS) is 14.6. The molecule has 0 radical (unpaired) electrons. The average molecular weight is 606 g/mol. The molecule has 0 saturated carbocycles. The molecular formula is C32H36ClN5O3S. The first-order valence-corrected chi connectivity index (χ1v) is 15.0. The Morgan fingerprint density at radius 3 is 2.43 bits per heavy atom. The van der Waals surface area contributed by atoms with Crippen molar-refractivity contribution in [3.8, 4) is 11.1 Å². The van der Waals surface area contributed by atoms with Crippen molar-refractivity contribution in [1.82, 2.24) is 4.98 Å². The number of urea groups is 1. The second kappa shape index (κ2) is 11.6. The molecule has 8 nitrogen and oxygen atoms in total. The number of ether oxygens (including phenoxy) is 1. The Morgan fingerprint density at radius 2 is 1.81 bits per heavy atom. The van der Waals surface area contributed by atoms with E-state index >= 15 is 0 Å². The second-order valence-electron chi connectivity index (χ2n) is 11.5. The zero-order chi connectivity index (χ0) is 30.3. The first-order chi connectivity index (χ1) is 19.9. The van der Waals surface area contributed by atoms with Gasteiger partial charge in [0.2, 0.25) is 0 Å². The number of nitrogens with zero attached hydrogens (tertiary/aromatic N) is 5. The lowest BCUT2D eigenvalue weighted by atomic mass is 9.91. The van der Waals surface area contributed by atoms with E-state index in [4.69, 9.17) is 21.3 Å². The maximum absolute atomic E-state index is 13.7. The van der Waals surface area contributed by atoms with Crippen LogP contribution in [-0.4, -0.2) is 55.2 Å². The number of aromatic nitrogens is 1. The van der Waals surface area contributed by atoms with Gasteiger partial charge in [0.15, 0.2) is 5.13 Å². The summed E-state index contributed by atoms with van der Waals surface area (Å²) in [6, 6.07) is 15.4. The first-order valence-electron chi connectivity index (χ1n) is 13.8. The molecule has 4 aromatic rings. The third kappa shape index (κ3) is 5.74. The fraction of sp³-hybridized carbons (Fsp3) is 0.344. The molecular weight excluding hydrogens is 570 g/mol. The van der Waals surface area contributed by atoms with Gasteiger partial charge in [-0.15, -0.1) is 0 Å². The summed E-state index contributed by atoms with van der Waals surface area (Å²) in [4.78, 5) is 22.2. The van der Waals surface area contributed by atoms with Crippen molar-refractivity contribution in [1.29, 1.82) is 0 Å². The Hall–Kier alpha value is -3.50. The molecule has 42 heavy (non-hydrogen) atoms. The zero-order valence-corrected chi connectivity index (χ0v) is 26.4. The summed E-state index contributed by atoms with van der Waals surface area (Å²) in [7, 11) is 1.84. The predicted octanol–water partition coefficient (Wildman–Crippen LogP) is 7.58. The van der Waals surface area contributed by atoms with E-state index in [2.05, 4.69) is 11.8 Å². The standard InChI is InChI=1S/C32H36ClN5O3S/c1-19-16-23(12-13-25(19)36(7)34-6)37-14-15-38(31(37)40)30-35-24-17-20(2)27(26(18-39)41-32(3,4)5)28(29(24)42-30)21-8-10-22(33)11-9-21/h8-13,16-17,26,39H,6,14-15,18H2,1-5,7H3/t26-/m1/s1. The van der Waals surface area contributed by atoms with Gasteiger partial charge in [-0.3, -0.25) is 14.8 Å². The molecule has 1 fully saturated rings. The molecule has 1 N–H and O–H groups in total. The fourth-order valence-corrected chi connectivity index (χ4v) is 6.72. The Kier molecular flexibility index (Phi) is 8.31. The number of amides is 2. The topological polar surface area (TPSA) is 81.5 Å². The fourth-order valence-electron chi connectivity index (χ4n) is 5.45. The number of rotatable bonds is 8. The lowest BCUT2D eigenvalue weighted by Crippen LogP contribution is -2.31. The number of hydrogen-bond donors (Lipinski definition) is 1. The minimum Gasteiger partial charge on any atom is -0.393 e. The smallest absolute Gasteiger partial charge is 0.330 e. The number of carbonyl (C=O) groups is 1. The van der Waals surface area contributed by atoms with Crippen molar-refractivity contribution in [2.24, 2.45) is 5.10 Å². The number of benzene rings is 3. The molecule has 220 valence electrons. The number of hydrogen-bond acceptors (Lipinski definition) is 7. The second-order valence-corrected chi connectivity index (χ2v) is 12.9. The van der Waals surface area contributed by atoms with Crippen LogP contribution in [0.1, 0.15) is 43.6 Å². The van der Waals surface area contributed by atoms with Crippen LogP contribution in [0.2, 0.25) is 5.02 Å². The highest BCUT2D eigenvalue weighted by molar-refractivity contribution is 7.23. The van der Waals surface area contributed by atoms with E-state index in [9.17, 15) is 9.90 Å². The molecule has 1 saturated heterocycles. The monoisotopic (exact) mass is 605 g/mol. The molecule has 1 aliphatic heterocycles. The number of fused-ring (bicyclic) bond motifs is 1. The van der Waals surface area contributed by atoms with Gasteiger partial charge in [-0.1, -0.05) is 35.1 Å². The van der Waals surface area contributed by atoms with Crippen LogP contribution < -0.4 is 14.8 Å². The molecule has 0 unspecified atom stereocenters. The van der Waals surface area contributed by atoms with E-state index in [1.807, 2.05) is 90.2 Å². The summed E-state index contributed by atoms with van der Waals surface area (Å²) < 4.78 is 7.27. The molecule has 5 rings (SSSR count). The lowest BCUT2D eigenvalue weighted by molar-refractivity contribution is -0.0821. The number of aryl methyl sites for hydroxylation is 2. The molecule has 10 heteroatoms. The number of halogens is 1. The molecule has 0 bridgehead atoms. The number of aliphatic hydroxyl groups excluding tert-OH is 1. The van der Waals surface area contributed by atoms with Gasteiger partial charge in [0.25, 0.3) is 0 Å². The van der Waals surface area contributed by atoms with Crippen molar-refractivity contribution in [3.05, 3.63) is 70.2 Å². The average Bonchev–Trinajstić information content (AvgIpc) is 3.53. The highest BCUT2D eigenvalue weighted by Gasteiger charge is 2.34. The van der Waals surface area contributed by atoms with Crippen LogP contribution in [0.15, 0.2) is 53.6 Å². The molecule has 1 aliphatic rings.